The van der Waals surface area contributed by atoms with E-state index in [0.717, 1.165) is 0 Å². The van der Waals surface area contributed by atoms with E-state index < -0.39 is 0 Å². The van der Waals surface area contributed by atoms with Crippen LogP contribution in [-0.4, -0.2) is 0 Å². The predicted molar refractivity (Wildman–Crippen MR) is 0 cm³/mol. The van der Waals surface area contributed by atoms with Crippen molar-refractivity contribution in [2.45, 2.75) is 0 Å². The molecule has 5 heteroatoms. The van der Waals surface area contributed by atoms with Crippen molar-refractivity contribution in [3.63, 3.8) is 0 Å². The van der Waals surface area contributed by atoms with Crippen LogP contribution in [0.3, 0.4) is 0 Å². The molecular weight excluding hydrogens is 345 g/mol. The molecule has 0 saturated carbocycles. The maximum absolute atomic E-state index is 0. The van der Waals surface area contributed by atoms with Gasteiger partial charge in [0.05, 0.1) is 0 Å². The van der Waals surface area contributed by atoms with Gasteiger partial charge >= 0.3 is 78.6 Å². The molecule has 0 unspecified atom stereocenters. The van der Waals surface area contributed by atoms with Gasteiger partial charge in [-0.05, 0) is 0 Å². The van der Waals surface area contributed by atoms with Crippen LogP contribution in [0.5, 0.6) is 0 Å². The SMILES string of the molecule is [Cl-].[Cl-].[Zr+4].[Zr+4].[Zr+4]. The summed E-state index contributed by atoms with van der Waals surface area (Å²) in [6, 6.07) is 0. The summed E-state index contributed by atoms with van der Waals surface area (Å²) in [7, 11) is 0. The topological polar surface area (TPSA) is 0 Å². The molecule has 0 aromatic carbocycles. The molecule has 0 aliphatic heterocycles. The van der Waals surface area contributed by atoms with Crippen LogP contribution in [0.2, 0.25) is 0 Å². The van der Waals surface area contributed by atoms with Gasteiger partial charge in [0.1, 0.15) is 0 Å². The summed E-state index contributed by atoms with van der Waals surface area (Å²) in [5.41, 5.74) is 0. The van der Waals surface area contributed by atoms with Gasteiger partial charge in [0.2, 0.25) is 0 Å². The van der Waals surface area contributed by atoms with Gasteiger partial charge < -0.3 is 24.8 Å². The molecule has 0 fully saturated rings. The van der Waals surface area contributed by atoms with E-state index in [1.54, 1.807) is 0 Å². The Morgan fingerprint density at radius 1 is 0.400 bits per heavy atom. The van der Waals surface area contributed by atoms with Gasteiger partial charge in [0.15, 0.2) is 0 Å². The van der Waals surface area contributed by atoms with Crippen LogP contribution >= 0.6 is 0 Å². The molecule has 0 aliphatic rings. The summed E-state index contributed by atoms with van der Waals surface area (Å²) in [6.45, 7) is 0. The van der Waals surface area contributed by atoms with E-state index in [1.165, 1.54) is 0 Å². The first-order chi connectivity index (χ1) is 0. The third-order valence-electron chi connectivity index (χ3n) is 0. The third-order valence-corrected chi connectivity index (χ3v) is 0. The number of hydrogen-bond donors (Lipinski definition) is 0. The molecule has 0 aromatic rings. The first-order valence-corrected chi connectivity index (χ1v) is 0. The average molecular weight is 345 g/mol. The maximum atomic E-state index is 0. The molecule has 0 heterocycles. The Balaban J connectivity index is 0. The second-order valence-corrected chi connectivity index (χ2v) is 0. The van der Waals surface area contributed by atoms with Crippen molar-refractivity contribution < 1.29 is 103 Å². The Morgan fingerprint density at radius 2 is 0.400 bits per heavy atom. The molecule has 5 heavy (non-hydrogen) atoms. The minimum atomic E-state index is 0. The zero-order valence-electron chi connectivity index (χ0n) is 2.26. The first-order valence-electron chi connectivity index (χ1n) is 0. The van der Waals surface area contributed by atoms with E-state index in [9.17, 15) is 0 Å². The molecule has 0 saturated heterocycles. The largest absolute Gasteiger partial charge is 4.00 e. The van der Waals surface area contributed by atoms with E-state index in [2.05, 4.69) is 0 Å². The van der Waals surface area contributed by atoms with Gasteiger partial charge in [-0.2, -0.15) is 0 Å². The summed E-state index contributed by atoms with van der Waals surface area (Å²) in [5, 5.41) is 0. The van der Waals surface area contributed by atoms with Crippen molar-refractivity contribution in [3.05, 3.63) is 0 Å². The Bertz CT molecular complexity index is 4.85. The van der Waals surface area contributed by atoms with Crippen molar-refractivity contribution in [1.82, 2.24) is 0 Å². The molecule has 0 nitrogen and oxygen atoms in total. The Hall–Kier alpha value is 3.23. The van der Waals surface area contributed by atoms with Gasteiger partial charge in [-0.1, -0.05) is 0 Å². The molecule has 0 amide bonds. The van der Waals surface area contributed by atoms with Gasteiger partial charge in [0, 0.05) is 0 Å². The Morgan fingerprint density at radius 3 is 0.400 bits per heavy atom. The Kier molecular flexibility index (Phi) is 222. The van der Waals surface area contributed by atoms with Crippen molar-refractivity contribution in [3.8, 4) is 0 Å². The molecule has 0 bridgehead atoms. The normalized spacial score (nSPS) is 0. The molecule has 0 aromatic heterocycles. The molecule has 0 aliphatic carbocycles. The molecule has 16 valence electrons. The maximum Gasteiger partial charge on any atom is 4.00 e. The minimum Gasteiger partial charge on any atom is -1.00 e. The average Bonchev–Trinajstić information content (AvgIpc) is 0. The zero-order valence-corrected chi connectivity index (χ0v) is 11.1. The molecule has 0 rings (SSSR count). The number of halogens is 2. The van der Waals surface area contributed by atoms with Gasteiger partial charge in [-0.3, -0.25) is 0 Å². The molecular formula is Cl2Zr3+10. The van der Waals surface area contributed by atoms with Gasteiger partial charge in [-0.15, -0.1) is 0 Å². The molecule has 0 atom stereocenters. The van der Waals surface area contributed by atoms with Crippen molar-refractivity contribution >= 4 is 0 Å². The second kappa shape index (κ2) is 26.9. The standard InChI is InChI=1S/2ClH.3Zr/h2*1H;;;/q;;3*+4/p-2. The number of hydrogen-bond acceptors (Lipinski definition) is 0. The Labute approximate surface area is 101 Å². The van der Waals surface area contributed by atoms with Gasteiger partial charge in [0.25, 0.3) is 0 Å². The molecule has 0 radical (unpaired) electrons. The van der Waals surface area contributed by atoms with E-state index in [-0.39, 0.29) is 103 Å². The summed E-state index contributed by atoms with van der Waals surface area (Å²) in [5.74, 6) is 0. The monoisotopic (exact) mass is 340 g/mol. The number of rotatable bonds is 0. The molecule has 0 spiro atoms. The second-order valence-electron chi connectivity index (χ2n) is 0. The van der Waals surface area contributed by atoms with E-state index in [1.807, 2.05) is 0 Å². The summed E-state index contributed by atoms with van der Waals surface area (Å²) in [6.07, 6.45) is 0. The van der Waals surface area contributed by atoms with Crippen LogP contribution in [-0.2, 0) is 78.6 Å². The smallest absolute Gasteiger partial charge is 1.00 e. The fourth-order valence-corrected chi connectivity index (χ4v) is 0. The van der Waals surface area contributed by atoms with Gasteiger partial charge in [-0.25, -0.2) is 0 Å². The van der Waals surface area contributed by atoms with Crippen LogP contribution < -0.4 is 24.8 Å². The molecule has 0 N–H and O–H groups in total. The first kappa shape index (κ1) is 41.2. The van der Waals surface area contributed by atoms with Crippen molar-refractivity contribution in [2.24, 2.45) is 0 Å². The fourth-order valence-electron chi connectivity index (χ4n) is 0. The fraction of sp³-hybridized carbons (Fsp3) is 0. The summed E-state index contributed by atoms with van der Waals surface area (Å²) < 4.78 is 0. The van der Waals surface area contributed by atoms with Crippen molar-refractivity contribution in [2.75, 3.05) is 0 Å². The minimum absolute atomic E-state index is 0. The van der Waals surface area contributed by atoms with Crippen LogP contribution in [0.1, 0.15) is 0 Å². The van der Waals surface area contributed by atoms with E-state index >= 15 is 0 Å². The van der Waals surface area contributed by atoms with Crippen LogP contribution in [0.15, 0.2) is 0 Å². The zero-order chi connectivity index (χ0) is 0. The summed E-state index contributed by atoms with van der Waals surface area (Å²) in [4.78, 5) is 0. The van der Waals surface area contributed by atoms with E-state index in [4.69, 9.17) is 0 Å². The van der Waals surface area contributed by atoms with Crippen molar-refractivity contribution in [1.29, 1.82) is 0 Å². The van der Waals surface area contributed by atoms with Crippen LogP contribution in [0.25, 0.3) is 0 Å². The summed E-state index contributed by atoms with van der Waals surface area (Å²) >= 11 is 0. The third kappa shape index (κ3) is 19.0. The van der Waals surface area contributed by atoms with Crippen LogP contribution in [0.4, 0.5) is 0 Å². The quantitative estimate of drug-likeness (QED) is 0.411. The predicted octanol–water partition coefficient (Wildman–Crippen LogP) is -6.00. The van der Waals surface area contributed by atoms with E-state index in [0.29, 0.717) is 0 Å². The van der Waals surface area contributed by atoms with Crippen LogP contribution in [0, 0.1) is 0 Å².